The summed E-state index contributed by atoms with van der Waals surface area (Å²) in [6.45, 7) is 2.27. The molecule has 1 aliphatic heterocycles. The summed E-state index contributed by atoms with van der Waals surface area (Å²) in [5.74, 6) is 0.457. The van der Waals surface area contributed by atoms with Gasteiger partial charge in [-0.05, 0) is 49.4 Å². The number of nitrogens with two attached hydrogens (primary N) is 1. The van der Waals surface area contributed by atoms with Gasteiger partial charge in [0.15, 0.2) is 0 Å². The molecule has 6 nitrogen and oxygen atoms in total. The summed E-state index contributed by atoms with van der Waals surface area (Å²) in [5.41, 5.74) is 6.74. The maximum atomic E-state index is 12.5. The smallest absolute Gasteiger partial charge is 0.281 e. The van der Waals surface area contributed by atoms with E-state index in [0.717, 1.165) is 18.4 Å². The monoisotopic (exact) mass is 312 g/mol. The van der Waals surface area contributed by atoms with Gasteiger partial charge in [0.1, 0.15) is 0 Å². The van der Waals surface area contributed by atoms with Crippen LogP contribution in [-0.2, 0) is 16.6 Å². The molecule has 1 fully saturated rings. The van der Waals surface area contributed by atoms with Crippen LogP contribution in [0, 0.1) is 5.92 Å². The molecule has 2 N–H and O–H groups in total. The molecule has 0 saturated carbocycles. The number of hydrogen-bond donors (Lipinski definition) is 1. The Labute approximate surface area is 127 Å². The lowest BCUT2D eigenvalue weighted by atomic mass is 9.99. The highest BCUT2D eigenvalue weighted by Crippen LogP contribution is 2.20. The standard InChI is InChI=1S/C14H24N4O2S/c1-17(9-4-13-2-7-16-8-3-13)21(19,20)18-10-5-14(12-15)6-11-18/h2-3,7-8,14H,4-6,9-12,15H2,1H3. The number of likely N-dealkylation sites (N-methyl/N-ethyl adjacent to an activating group) is 1. The zero-order chi connectivity index (χ0) is 15.3. The Morgan fingerprint density at radius 3 is 2.52 bits per heavy atom. The van der Waals surface area contributed by atoms with Crippen LogP contribution in [-0.4, -0.2) is 55.2 Å². The van der Waals surface area contributed by atoms with E-state index < -0.39 is 10.2 Å². The summed E-state index contributed by atoms with van der Waals surface area (Å²) in [6, 6.07) is 3.82. The summed E-state index contributed by atoms with van der Waals surface area (Å²) in [4.78, 5) is 3.96. The molecule has 0 bridgehead atoms. The lowest BCUT2D eigenvalue weighted by molar-refractivity contribution is 0.263. The minimum Gasteiger partial charge on any atom is -0.330 e. The van der Waals surface area contributed by atoms with Crippen molar-refractivity contribution in [1.29, 1.82) is 0 Å². The first kappa shape index (κ1) is 16.4. The van der Waals surface area contributed by atoms with Gasteiger partial charge in [-0.25, -0.2) is 0 Å². The van der Waals surface area contributed by atoms with E-state index in [-0.39, 0.29) is 0 Å². The zero-order valence-corrected chi connectivity index (χ0v) is 13.3. The first-order valence-corrected chi connectivity index (χ1v) is 8.74. The van der Waals surface area contributed by atoms with E-state index in [2.05, 4.69) is 4.98 Å². The summed E-state index contributed by atoms with van der Waals surface area (Å²) in [6.07, 6.45) is 5.85. The molecule has 0 aromatic carbocycles. The highest BCUT2D eigenvalue weighted by Gasteiger charge is 2.30. The number of nitrogens with zero attached hydrogens (tertiary/aromatic N) is 3. The van der Waals surface area contributed by atoms with Crippen LogP contribution in [0.5, 0.6) is 0 Å². The maximum absolute atomic E-state index is 12.5. The van der Waals surface area contributed by atoms with Crippen molar-refractivity contribution in [3.63, 3.8) is 0 Å². The summed E-state index contributed by atoms with van der Waals surface area (Å²) in [5, 5.41) is 0. The van der Waals surface area contributed by atoms with Crippen molar-refractivity contribution >= 4 is 10.2 Å². The van der Waals surface area contributed by atoms with Gasteiger partial charge in [0.25, 0.3) is 10.2 Å². The van der Waals surface area contributed by atoms with Crippen LogP contribution in [0.1, 0.15) is 18.4 Å². The average Bonchev–Trinajstić information content (AvgIpc) is 2.53. The highest BCUT2D eigenvalue weighted by atomic mass is 32.2. The van der Waals surface area contributed by atoms with E-state index in [1.54, 1.807) is 23.7 Å². The topological polar surface area (TPSA) is 79.5 Å². The van der Waals surface area contributed by atoms with Crippen LogP contribution in [0.2, 0.25) is 0 Å². The van der Waals surface area contributed by atoms with Crippen LogP contribution in [0.4, 0.5) is 0 Å². The Bertz CT molecular complexity index is 527. The van der Waals surface area contributed by atoms with Crippen LogP contribution in [0.3, 0.4) is 0 Å². The van der Waals surface area contributed by atoms with Gasteiger partial charge in [0, 0.05) is 39.1 Å². The largest absolute Gasteiger partial charge is 0.330 e. The van der Waals surface area contributed by atoms with Gasteiger partial charge in [0.2, 0.25) is 0 Å². The molecule has 118 valence electrons. The molecule has 2 heterocycles. The van der Waals surface area contributed by atoms with E-state index in [1.165, 1.54) is 4.31 Å². The second-order valence-corrected chi connectivity index (χ2v) is 7.55. The number of hydrogen-bond acceptors (Lipinski definition) is 4. The summed E-state index contributed by atoms with van der Waals surface area (Å²) < 4.78 is 28.0. The second kappa shape index (κ2) is 7.31. The molecule has 0 unspecified atom stereocenters. The van der Waals surface area contributed by atoms with E-state index in [9.17, 15) is 8.42 Å². The van der Waals surface area contributed by atoms with Gasteiger partial charge in [-0.15, -0.1) is 0 Å². The van der Waals surface area contributed by atoms with Crippen molar-refractivity contribution in [2.45, 2.75) is 19.3 Å². The highest BCUT2D eigenvalue weighted by molar-refractivity contribution is 7.86. The fourth-order valence-corrected chi connectivity index (χ4v) is 3.91. The molecule has 0 spiro atoms. The molecule has 1 saturated heterocycles. The molecule has 1 aromatic rings. The van der Waals surface area contributed by atoms with Gasteiger partial charge < -0.3 is 5.73 Å². The third kappa shape index (κ3) is 4.23. The van der Waals surface area contributed by atoms with Crippen molar-refractivity contribution in [3.8, 4) is 0 Å². The number of aromatic nitrogens is 1. The first-order chi connectivity index (χ1) is 10.0. The van der Waals surface area contributed by atoms with Gasteiger partial charge in [-0.3, -0.25) is 4.98 Å². The molecule has 1 aliphatic rings. The molecule has 0 amide bonds. The number of piperidine rings is 1. The van der Waals surface area contributed by atoms with Gasteiger partial charge in [-0.2, -0.15) is 17.0 Å². The summed E-state index contributed by atoms with van der Waals surface area (Å²) in [7, 11) is -1.71. The number of rotatable bonds is 6. The Morgan fingerprint density at radius 1 is 1.33 bits per heavy atom. The molecule has 0 aliphatic carbocycles. The van der Waals surface area contributed by atoms with Crippen molar-refractivity contribution in [2.24, 2.45) is 11.7 Å². The Morgan fingerprint density at radius 2 is 1.95 bits per heavy atom. The Kier molecular flexibility index (Phi) is 5.69. The second-order valence-electron chi connectivity index (χ2n) is 5.51. The molecular weight excluding hydrogens is 288 g/mol. The van der Waals surface area contributed by atoms with Gasteiger partial charge >= 0.3 is 0 Å². The zero-order valence-electron chi connectivity index (χ0n) is 12.5. The maximum Gasteiger partial charge on any atom is 0.281 e. The predicted octanol–water partition coefficient (Wildman–Crippen LogP) is 0.471. The van der Waals surface area contributed by atoms with E-state index in [4.69, 9.17) is 5.73 Å². The van der Waals surface area contributed by atoms with E-state index >= 15 is 0 Å². The SMILES string of the molecule is CN(CCc1ccncc1)S(=O)(=O)N1CCC(CN)CC1. The molecule has 0 atom stereocenters. The van der Waals surface area contributed by atoms with Crippen LogP contribution >= 0.6 is 0 Å². The molecule has 2 rings (SSSR count). The predicted molar refractivity (Wildman–Crippen MR) is 82.8 cm³/mol. The van der Waals surface area contributed by atoms with Crippen molar-refractivity contribution in [1.82, 2.24) is 13.6 Å². The lowest BCUT2D eigenvalue weighted by Crippen LogP contribution is -2.46. The lowest BCUT2D eigenvalue weighted by Gasteiger charge is -2.33. The number of pyridine rings is 1. The van der Waals surface area contributed by atoms with Gasteiger partial charge in [0.05, 0.1) is 0 Å². The van der Waals surface area contributed by atoms with Crippen LogP contribution < -0.4 is 5.73 Å². The van der Waals surface area contributed by atoms with Gasteiger partial charge in [-0.1, -0.05) is 0 Å². The molecule has 7 heteroatoms. The minimum atomic E-state index is -3.35. The first-order valence-electron chi connectivity index (χ1n) is 7.34. The van der Waals surface area contributed by atoms with E-state index in [0.29, 0.717) is 38.5 Å². The third-order valence-corrected chi connectivity index (χ3v) is 6.08. The Hall–Kier alpha value is -1.02. The summed E-state index contributed by atoms with van der Waals surface area (Å²) >= 11 is 0. The molecule has 0 radical (unpaired) electrons. The van der Waals surface area contributed by atoms with Crippen molar-refractivity contribution in [2.75, 3.05) is 33.2 Å². The average molecular weight is 312 g/mol. The normalized spacial score (nSPS) is 18.2. The fraction of sp³-hybridized carbons (Fsp3) is 0.643. The van der Waals surface area contributed by atoms with Crippen LogP contribution in [0.25, 0.3) is 0 Å². The minimum absolute atomic E-state index is 0.457. The van der Waals surface area contributed by atoms with Crippen molar-refractivity contribution < 1.29 is 8.42 Å². The van der Waals surface area contributed by atoms with Crippen LogP contribution in [0.15, 0.2) is 24.5 Å². The van der Waals surface area contributed by atoms with Crippen molar-refractivity contribution in [3.05, 3.63) is 30.1 Å². The molecule has 1 aromatic heterocycles. The van der Waals surface area contributed by atoms with E-state index in [1.807, 2.05) is 12.1 Å². The third-order valence-electron chi connectivity index (χ3n) is 4.09. The fourth-order valence-electron chi connectivity index (χ4n) is 2.52. The Balaban J connectivity index is 1.90. The molecular formula is C14H24N4O2S. The molecule has 21 heavy (non-hydrogen) atoms. The quantitative estimate of drug-likeness (QED) is 0.828.